The topological polar surface area (TPSA) is 52.6 Å². The maximum atomic E-state index is 5.84. The fourth-order valence-corrected chi connectivity index (χ4v) is 3.42. The van der Waals surface area contributed by atoms with Crippen molar-refractivity contribution >= 4 is 17.0 Å². The van der Waals surface area contributed by atoms with Crippen LogP contribution in [-0.2, 0) is 24.3 Å². The van der Waals surface area contributed by atoms with E-state index in [2.05, 4.69) is 23.3 Å². The quantitative estimate of drug-likeness (QED) is 0.838. The maximum Gasteiger partial charge on any atom is 0.142 e. The van der Waals surface area contributed by atoms with Crippen LogP contribution in [0.5, 0.6) is 11.5 Å². The average Bonchev–Trinajstić information content (AvgIpc) is 3.11. The van der Waals surface area contributed by atoms with E-state index >= 15 is 0 Å². The summed E-state index contributed by atoms with van der Waals surface area (Å²) in [5.74, 6) is 1.82. The van der Waals surface area contributed by atoms with E-state index in [9.17, 15) is 0 Å². The van der Waals surface area contributed by atoms with Crippen LogP contribution in [0.3, 0.4) is 0 Å². The summed E-state index contributed by atoms with van der Waals surface area (Å²) in [4.78, 5) is 4.53. The van der Waals surface area contributed by atoms with E-state index in [1.54, 1.807) is 18.4 Å². The van der Waals surface area contributed by atoms with Crippen molar-refractivity contribution < 1.29 is 14.2 Å². The zero-order valence-corrected chi connectivity index (χ0v) is 14.5. The van der Waals surface area contributed by atoms with Crippen LogP contribution >= 0.6 is 11.3 Å². The molecule has 1 aliphatic heterocycles. The number of benzene rings is 1. The lowest BCUT2D eigenvalue weighted by molar-refractivity contribution is 0.184. The summed E-state index contributed by atoms with van der Waals surface area (Å²) in [5, 5.41) is 6.45. The summed E-state index contributed by atoms with van der Waals surface area (Å²) in [5.41, 5.74) is 3.16. The molecule has 124 valence electrons. The Bertz CT molecular complexity index is 672. The van der Waals surface area contributed by atoms with Crippen molar-refractivity contribution in [1.29, 1.82) is 0 Å². The van der Waals surface area contributed by atoms with E-state index in [1.165, 1.54) is 5.56 Å². The second-order valence-corrected chi connectivity index (χ2v) is 6.48. The van der Waals surface area contributed by atoms with Crippen LogP contribution in [0.25, 0.3) is 0 Å². The fourth-order valence-electron chi connectivity index (χ4n) is 2.66. The van der Waals surface area contributed by atoms with Gasteiger partial charge in [-0.2, -0.15) is 0 Å². The number of fused-ring (bicyclic) bond motifs is 1. The highest BCUT2D eigenvalue weighted by Crippen LogP contribution is 2.38. The second-order valence-electron chi connectivity index (χ2n) is 5.54. The molecule has 0 unspecified atom stereocenters. The molecule has 1 aromatic heterocycles. The molecular formula is C17H22N2O3S. The smallest absolute Gasteiger partial charge is 0.142 e. The van der Waals surface area contributed by atoms with Gasteiger partial charge in [0.25, 0.3) is 0 Å². The van der Waals surface area contributed by atoms with Gasteiger partial charge in [-0.05, 0) is 19.9 Å². The van der Waals surface area contributed by atoms with Crippen LogP contribution in [0.1, 0.15) is 30.1 Å². The number of ether oxygens (including phenoxy) is 3. The molecule has 2 heterocycles. The van der Waals surface area contributed by atoms with Gasteiger partial charge < -0.3 is 19.5 Å². The van der Waals surface area contributed by atoms with Gasteiger partial charge in [0.05, 0.1) is 31.1 Å². The fraction of sp³-hybridized carbons (Fsp3) is 0.471. The van der Waals surface area contributed by atoms with Crippen molar-refractivity contribution in [2.45, 2.75) is 39.5 Å². The molecular weight excluding hydrogens is 312 g/mol. The minimum absolute atomic E-state index is 0.227. The lowest BCUT2D eigenvalue weighted by Gasteiger charge is -2.13. The van der Waals surface area contributed by atoms with E-state index in [1.807, 2.05) is 18.4 Å². The molecule has 0 aliphatic carbocycles. The number of hydrogen-bond donors (Lipinski definition) is 1. The van der Waals surface area contributed by atoms with Crippen molar-refractivity contribution in [1.82, 2.24) is 4.98 Å². The summed E-state index contributed by atoms with van der Waals surface area (Å²) in [6, 6.07) is 4.12. The third-order valence-corrected chi connectivity index (χ3v) is 4.50. The van der Waals surface area contributed by atoms with Crippen LogP contribution in [0.15, 0.2) is 17.5 Å². The largest absolute Gasteiger partial charge is 0.492 e. The molecule has 0 bridgehead atoms. The van der Waals surface area contributed by atoms with Gasteiger partial charge in [0.15, 0.2) is 0 Å². The molecule has 0 fully saturated rings. The Balaban J connectivity index is 1.74. The highest BCUT2D eigenvalue weighted by molar-refractivity contribution is 7.09. The van der Waals surface area contributed by atoms with E-state index < -0.39 is 0 Å². The monoisotopic (exact) mass is 334 g/mol. The molecule has 6 heteroatoms. The molecule has 1 aromatic carbocycles. The van der Waals surface area contributed by atoms with Gasteiger partial charge in [-0.1, -0.05) is 0 Å². The molecule has 1 N–H and O–H groups in total. The van der Waals surface area contributed by atoms with Gasteiger partial charge in [0, 0.05) is 30.5 Å². The van der Waals surface area contributed by atoms with Gasteiger partial charge >= 0.3 is 0 Å². The first kappa shape index (κ1) is 16.1. The van der Waals surface area contributed by atoms with Crippen LogP contribution in [0, 0.1) is 0 Å². The standard InChI is InChI=1S/C17H22N2O3S/c1-4-21-16-6-12-5-11(2)22-15(12)7-14(16)18-8-13-10-23-17(19-13)9-20-3/h6-7,10-11,18H,4-5,8-9H2,1-3H3/t11-/m0/s1. The van der Waals surface area contributed by atoms with Crippen LogP contribution in [-0.4, -0.2) is 24.8 Å². The Morgan fingerprint density at radius 3 is 3.09 bits per heavy atom. The molecule has 1 aliphatic rings. The number of aromatic nitrogens is 1. The summed E-state index contributed by atoms with van der Waals surface area (Å²) in [6.07, 6.45) is 1.16. The lowest BCUT2D eigenvalue weighted by Crippen LogP contribution is -2.05. The highest BCUT2D eigenvalue weighted by atomic mass is 32.1. The number of anilines is 1. The van der Waals surface area contributed by atoms with Crippen molar-refractivity contribution in [3.8, 4) is 11.5 Å². The summed E-state index contributed by atoms with van der Waals surface area (Å²) in [7, 11) is 1.68. The van der Waals surface area contributed by atoms with Crippen molar-refractivity contribution in [3.05, 3.63) is 33.8 Å². The average molecular weight is 334 g/mol. The van der Waals surface area contributed by atoms with Gasteiger partial charge in [0.2, 0.25) is 0 Å². The Kier molecular flexibility index (Phi) is 5.03. The molecule has 2 aromatic rings. The first-order chi connectivity index (χ1) is 11.2. The normalized spacial score (nSPS) is 16.0. The molecule has 0 amide bonds. The molecule has 0 saturated carbocycles. The lowest BCUT2D eigenvalue weighted by atomic mass is 10.1. The van der Waals surface area contributed by atoms with Crippen molar-refractivity contribution in [3.63, 3.8) is 0 Å². The zero-order valence-electron chi connectivity index (χ0n) is 13.7. The Labute approximate surface area is 140 Å². The molecule has 23 heavy (non-hydrogen) atoms. The number of hydrogen-bond acceptors (Lipinski definition) is 6. The number of nitrogens with zero attached hydrogens (tertiary/aromatic N) is 1. The molecule has 0 radical (unpaired) electrons. The number of rotatable bonds is 7. The molecule has 3 rings (SSSR count). The van der Waals surface area contributed by atoms with E-state index in [4.69, 9.17) is 14.2 Å². The van der Waals surface area contributed by atoms with E-state index in [0.29, 0.717) is 19.8 Å². The SMILES string of the molecule is CCOc1cc2c(cc1NCc1csc(COC)n1)O[C@@H](C)C2. The van der Waals surface area contributed by atoms with Gasteiger partial charge in [-0.15, -0.1) is 11.3 Å². The summed E-state index contributed by atoms with van der Waals surface area (Å²) in [6.45, 7) is 5.92. The number of nitrogens with one attached hydrogen (secondary N) is 1. The maximum absolute atomic E-state index is 5.84. The number of methoxy groups -OCH3 is 1. The van der Waals surface area contributed by atoms with Crippen molar-refractivity contribution in [2.75, 3.05) is 19.0 Å². The third kappa shape index (κ3) is 3.76. The van der Waals surface area contributed by atoms with Crippen LogP contribution in [0.4, 0.5) is 5.69 Å². The summed E-state index contributed by atoms with van der Waals surface area (Å²) < 4.78 is 16.7. The van der Waals surface area contributed by atoms with Gasteiger partial charge in [0.1, 0.15) is 22.6 Å². The Morgan fingerprint density at radius 1 is 1.43 bits per heavy atom. The van der Waals surface area contributed by atoms with Crippen LogP contribution < -0.4 is 14.8 Å². The zero-order chi connectivity index (χ0) is 16.2. The molecule has 0 spiro atoms. The first-order valence-electron chi connectivity index (χ1n) is 7.82. The minimum Gasteiger partial charge on any atom is -0.492 e. The van der Waals surface area contributed by atoms with Gasteiger partial charge in [-0.25, -0.2) is 4.98 Å². The minimum atomic E-state index is 0.227. The van der Waals surface area contributed by atoms with Gasteiger partial charge in [-0.3, -0.25) is 0 Å². The van der Waals surface area contributed by atoms with Crippen molar-refractivity contribution in [2.24, 2.45) is 0 Å². The summed E-state index contributed by atoms with van der Waals surface area (Å²) >= 11 is 1.61. The Hall–Kier alpha value is -1.79. The van der Waals surface area contributed by atoms with E-state index in [-0.39, 0.29) is 6.10 Å². The predicted octanol–water partition coefficient (Wildman–Crippen LogP) is 3.62. The third-order valence-electron chi connectivity index (χ3n) is 3.63. The molecule has 0 saturated heterocycles. The first-order valence-corrected chi connectivity index (χ1v) is 8.70. The second kappa shape index (κ2) is 7.19. The molecule has 1 atom stereocenters. The number of thiazole rings is 1. The predicted molar refractivity (Wildman–Crippen MR) is 91.6 cm³/mol. The van der Waals surface area contributed by atoms with Crippen LogP contribution in [0.2, 0.25) is 0 Å². The Morgan fingerprint density at radius 2 is 2.30 bits per heavy atom. The highest BCUT2D eigenvalue weighted by Gasteiger charge is 2.21. The van der Waals surface area contributed by atoms with E-state index in [0.717, 1.165) is 34.3 Å². The molecule has 5 nitrogen and oxygen atoms in total.